The van der Waals surface area contributed by atoms with Crippen LogP contribution in [-0.4, -0.2) is 19.1 Å². The average molecular weight is 245 g/mol. The number of hydrogen-bond acceptors (Lipinski definition) is 3. The Morgan fingerprint density at radius 1 is 1.56 bits per heavy atom. The molecule has 0 amide bonds. The summed E-state index contributed by atoms with van der Waals surface area (Å²) < 4.78 is 23.0. The highest BCUT2D eigenvalue weighted by Crippen LogP contribution is 2.57. The van der Waals surface area contributed by atoms with Gasteiger partial charge in [-0.15, -0.1) is 0 Å². The molecule has 0 bridgehead atoms. The Morgan fingerprint density at radius 2 is 2.19 bits per heavy atom. The molecule has 2 unspecified atom stereocenters. The Labute approximate surface area is 97.0 Å². The van der Waals surface area contributed by atoms with Gasteiger partial charge < -0.3 is 9.26 Å². The molecule has 16 heavy (non-hydrogen) atoms. The molecule has 1 rings (SSSR count). The van der Waals surface area contributed by atoms with Crippen LogP contribution >= 0.6 is 7.52 Å². The highest BCUT2D eigenvalue weighted by atomic mass is 31.2. The molecule has 0 heterocycles. The van der Waals surface area contributed by atoms with E-state index >= 15 is 0 Å². The molecule has 1 aliphatic carbocycles. The molecule has 5 heteroatoms. The lowest BCUT2D eigenvalue weighted by atomic mass is 9.99. The normalized spacial score (nSPS) is 29.3. The van der Waals surface area contributed by atoms with Crippen molar-refractivity contribution in [3.05, 3.63) is 23.3 Å². The van der Waals surface area contributed by atoms with Gasteiger partial charge in [-0.2, -0.15) is 0 Å². The Kier molecular flexibility index (Phi) is 4.13. The molecule has 0 aromatic carbocycles. The lowest BCUT2D eigenvalue weighted by Crippen LogP contribution is -2.35. The van der Waals surface area contributed by atoms with Crippen LogP contribution in [0.1, 0.15) is 27.2 Å². The van der Waals surface area contributed by atoms with Gasteiger partial charge in [0.2, 0.25) is 0 Å². The van der Waals surface area contributed by atoms with E-state index in [1.54, 1.807) is 13.0 Å². The fourth-order valence-electron chi connectivity index (χ4n) is 2.05. The first-order chi connectivity index (χ1) is 7.37. The number of nitrogens with two attached hydrogens (primary N) is 1. The molecular weight excluding hydrogens is 225 g/mol. The van der Waals surface area contributed by atoms with Crippen LogP contribution in [0, 0.1) is 0 Å². The largest absolute Gasteiger partial charge is 0.362 e. The lowest BCUT2D eigenvalue weighted by molar-refractivity contribution is 0.0819. The minimum Gasteiger partial charge on any atom is -0.362 e. The van der Waals surface area contributed by atoms with Crippen molar-refractivity contribution in [1.29, 1.82) is 0 Å². The van der Waals surface area contributed by atoms with Crippen LogP contribution in [0.15, 0.2) is 23.3 Å². The van der Waals surface area contributed by atoms with Gasteiger partial charge >= 0.3 is 7.52 Å². The minimum atomic E-state index is -3.31. The zero-order chi connectivity index (χ0) is 12.4. The molecule has 0 fully saturated rings. The third-order valence-electron chi connectivity index (χ3n) is 2.66. The van der Waals surface area contributed by atoms with Gasteiger partial charge in [0, 0.05) is 13.5 Å². The van der Waals surface area contributed by atoms with Crippen molar-refractivity contribution in [1.82, 2.24) is 0 Å². The van der Waals surface area contributed by atoms with Crippen LogP contribution in [0.2, 0.25) is 0 Å². The van der Waals surface area contributed by atoms with E-state index < -0.39 is 12.9 Å². The summed E-state index contributed by atoms with van der Waals surface area (Å²) in [6.07, 6.45) is 4.34. The number of allylic oxidation sites excluding steroid dienone is 2. The molecule has 0 spiro atoms. The number of rotatable bonds is 4. The summed E-state index contributed by atoms with van der Waals surface area (Å²) in [7, 11) is -1.80. The molecular formula is C11H20NO3P. The third kappa shape index (κ3) is 2.46. The summed E-state index contributed by atoms with van der Waals surface area (Å²) in [4.78, 5) is 0. The van der Waals surface area contributed by atoms with Gasteiger partial charge in [-0.3, -0.25) is 10.1 Å². The van der Waals surface area contributed by atoms with Crippen LogP contribution in [0.4, 0.5) is 0 Å². The molecule has 0 radical (unpaired) electrons. The summed E-state index contributed by atoms with van der Waals surface area (Å²) in [5, 5.41) is -1.01. The smallest absolute Gasteiger partial charge is 0.302 e. The molecule has 0 aromatic heterocycles. The van der Waals surface area contributed by atoms with Crippen LogP contribution < -0.4 is 5.50 Å². The Bertz CT molecular complexity index is 375. The number of ether oxygens (including phenoxy) is 1. The van der Waals surface area contributed by atoms with E-state index in [9.17, 15) is 4.57 Å². The molecule has 2 N–H and O–H groups in total. The van der Waals surface area contributed by atoms with Crippen molar-refractivity contribution < 1.29 is 13.8 Å². The second-order valence-electron chi connectivity index (χ2n) is 4.12. The summed E-state index contributed by atoms with van der Waals surface area (Å²) in [6.45, 7) is 5.98. The van der Waals surface area contributed by atoms with Crippen LogP contribution in [-0.2, 0) is 13.8 Å². The zero-order valence-corrected chi connectivity index (χ0v) is 11.2. The first kappa shape index (κ1) is 13.7. The molecule has 92 valence electrons. The molecule has 0 saturated heterocycles. The standard InChI is InChI=1S/C11H20NO3P/c1-5-15-16(12,13)11(14-4)7-9(2)6-10(3)8-11/h6-7H,5,8H2,1-4H3,(H2,12,13). The van der Waals surface area contributed by atoms with Crippen molar-refractivity contribution in [3.8, 4) is 0 Å². The van der Waals surface area contributed by atoms with Gasteiger partial charge in [-0.1, -0.05) is 17.2 Å². The molecule has 2 atom stereocenters. The Hall–Kier alpha value is -0.410. The van der Waals surface area contributed by atoms with E-state index in [-0.39, 0.29) is 0 Å². The summed E-state index contributed by atoms with van der Waals surface area (Å²) in [5.41, 5.74) is 7.89. The fourth-order valence-corrected chi connectivity index (χ4v) is 3.76. The Balaban J connectivity index is 3.14. The molecule has 0 saturated carbocycles. The zero-order valence-electron chi connectivity index (χ0n) is 10.3. The second-order valence-corrected chi connectivity index (χ2v) is 6.33. The van der Waals surface area contributed by atoms with Crippen LogP contribution in [0.5, 0.6) is 0 Å². The second kappa shape index (κ2) is 4.84. The van der Waals surface area contributed by atoms with E-state index in [0.29, 0.717) is 13.0 Å². The predicted octanol–water partition coefficient (Wildman–Crippen LogP) is 2.81. The lowest BCUT2D eigenvalue weighted by Gasteiger charge is -2.36. The predicted molar refractivity (Wildman–Crippen MR) is 65.3 cm³/mol. The van der Waals surface area contributed by atoms with Gasteiger partial charge in [-0.05, 0) is 26.8 Å². The van der Waals surface area contributed by atoms with Crippen LogP contribution in [0.3, 0.4) is 0 Å². The molecule has 4 nitrogen and oxygen atoms in total. The summed E-state index contributed by atoms with van der Waals surface area (Å²) in [6, 6.07) is 0. The van der Waals surface area contributed by atoms with Crippen molar-refractivity contribution in [2.24, 2.45) is 5.50 Å². The van der Waals surface area contributed by atoms with E-state index in [2.05, 4.69) is 0 Å². The van der Waals surface area contributed by atoms with Gasteiger partial charge in [0.25, 0.3) is 0 Å². The maximum absolute atomic E-state index is 12.4. The van der Waals surface area contributed by atoms with Crippen LogP contribution in [0.25, 0.3) is 0 Å². The minimum absolute atomic E-state index is 0.314. The SMILES string of the molecule is CCOP(N)(=O)C1(OC)C=C(C)C=C(C)C1. The highest BCUT2D eigenvalue weighted by molar-refractivity contribution is 7.58. The highest BCUT2D eigenvalue weighted by Gasteiger charge is 2.47. The van der Waals surface area contributed by atoms with Gasteiger partial charge in [0.15, 0.2) is 5.34 Å². The maximum Gasteiger partial charge on any atom is 0.302 e. The van der Waals surface area contributed by atoms with E-state index in [1.807, 2.05) is 19.9 Å². The topological polar surface area (TPSA) is 61.5 Å². The van der Waals surface area contributed by atoms with E-state index in [1.165, 1.54) is 7.11 Å². The number of hydrogen-bond donors (Lipinski definition) is 1. The van der Waals surface area contributed by atoms with Gasteiger partial charge in [0.05, 0.1) is 6.61 Å². The number of methoxy groups -OCH3 is 1. The maximum atomic E-state index is 12.4. The fraction of sp³-hybridized carbons (Fsp3) is 0.636. The monoisotopic (exact) mass is 245 g/mol. The Morgan fingerprint density at radius 3 is 2.62 bits per heavy atom. The first-order valence-corrected chi connectivity index (χ1v) is 7.01. The van der Waals surface area contributed by atoms with Gasteiger partial charge in [-0.25, -0.2) is 0 Å². The molecule has 0 aliphatic heterocycles. The molecule has 1 aliphatic rings. The van der Waals surface area contributed by atoms with Crippen molar-refractivity contribution in [2.75, 3.05) is 13.7 Å². The van der Waals surface area contributed by atoms with Gasteiger partial charge in [0.1, 0.15) is 0 Å². The quantitative estimate of drug-likeness (QED) is 0.773. The van der Waals surface area contributed by atoms with E-state index in [0.717, 1.165) is 11.1 Å². The molecule has 0 aromatic rings. The van der Waals surface area contributed by atoms with Crippen molar-refractivity contribution >= 4 is 7.52 Å². The summed E-state index contributed by atoms with van der Waals surface area (Å²) in [5.74, 6) is 0. The van der Waals surface area contributed by atoms with Crippen molar-refractivity contribution in [2.45, 2.75) is 32.5 Å². The average Bonchev–Trinajstić information content (AvgIpc) is 2.15. The third-order valence-corrected chi connectivity index (χ3v) is 4.83. The first-order valence-electron chi connectivity index (χ1n) is 5.32. The van der Waals surface area contributed by atoms with E-state index in [4.69, 9.17) is 14.8 Å². The summed E-state index contributed by atoms with van der Waals surface area (Å²) >= 11 is 0. The van der Waals surface area contributed by atoms with Crippen molar-refractivity contribution in [3.63, 3.8) is 0 Å².